The van der Waals surface area contributed by atoms with Gasteiger partial charge in [-0.25, -0.2) is 4.39 Å². The van der Waals surface area contributed by atoms with Gasteiger partial charge in [0, 0.05) is 29.5 Å². The molecule has 3 rings (SSSR count). The van der Waals surface area contributed by atoms with Crippen LogP contribution in [-0.4, -0.2) is 69.1 Å². The number of likely N-dealkylation sites (N-methyl/N-ethyl adjacent to an activating group) is 1. The molecule has 3 amide bonds. The fourth-order valence-corrected chi connectivity index (χ4v) is 5.48. The third-order valence-corrected chi connectivity index (χ3v) is 9.05. The van der Waals surface area contributed by atoms with Crippen molar-refractivity contribution in [3.05, 3.63) is 100 Å². The van der Waals surface area contributed by atoms with Crippen LogP contribution in [0.25, 0.3) is 0 Å². The summed E-state index contributed by atoms with van der Waals surface area (Å²) < 4.78 is 52.1. The van der Waals surface area contributed by atoms with E-state index in [0.717, 1.165) is 11.0 Å². The van der Waals surface area contributed by atoms with E-state index in [2.05, 4.69) is 10.6 Å². The molecule has 8 nitrogen and oxygen atoms in total. The highest BCUT2D eigenvalue weighted by atomic mass is 32.2. The first-order valence-electron chi connectivity index (χ1n) is 14.2. The number of aromatic hydroxyl groups is 1. The smallest absolute Gasteiger partial charge is 0.419 e. The number of amides is 3. The molecule has 0 bridgehead atoms. The Morgan fingerprint density at radius 1 is 0.978 bits per heavy atom. The summed E-state index contributed by atoms with van der Waals surface area (Å²) in [6, 6.07) is 13.2. The minimum absolute atomic E-state index is 0.0491. The van der Waals surface area contributed by atoms with E-state index in [1.165, 1.54) is 37.0 Å². The lowest BCUT2D eigenvalue weighted by Gasteiger charge is -2.39. The molecule has 0 fully saturated rings. The molecule has 46 heavy (non-hydrogen) atoms. The number of carbonyl (C=O) groups is 3. The molecule has 0 unspecified atom stereocenters. The predicted molar refractivity (Wildman–Crippen MR) is 168 cm³/mol. The Kier molecular flexibility index (Phi) is 11.9. The van der Waals surface area contributed by atoms with Crippen molar-refractivity contribution in [3.8, 4) is 5.75 Å². The van der Waals surface area contributed by atoms with Crippen molar-refractivity contribution in [1.82, 2.24) is 15.5 Å². The van der Waals surface area contributed by atoms with E-state index in [-0.39, 0.29) is 29.8 Å². The summed E-state index contributed by atoms with van der Waals surface area (Å²) in [7, 11) is 1.33. The van der Waals surface area contributed by atoms with Crippen LogP contribution in [-0.2, 0) is 28.7 Å². The molecule has 3 atom stereocenters. The van der Waals surface area contributed by atoms with Gasteiger partial charge in [0.05, 0.1) is 11.6 Å². The second-order valence-electron chi connectivity index (χ2n) is 11.4. The number of phenolic OH excluding ortho intramolecular Hbond substituents is 1. The molecule has 0 spiro atoms. The summed E-state index contributed by atoms with van der Waals surface area (Å²) in [4.78, 5) is 41.7. The zero-order valence-corrected chi connectivity index (χ0v) is 26.8. The fraction of sp³-hybridized carbons (Fsp3) is 0.364. The molecule has 0 aliphatic carbocycles. The van der Waals surface area contributed by atoms with Gasteiger partial charge in [0.2, 0.25) is 5.91 Å². The molecule has 3 aromatic rings. The summed E-state index contributed by atoms with van der Waals surface area (Å²) in [6.45, 7) is 4.63. The van der Waals surface area contributed by atoms with Gasteiger partial charge in [-0.3, -0.25) is 14.4 Å². The van der Waals surface area contributed by atoms with Crippen LogP contribution in [0, 0.1) is 12.7 Å². The second kappa shape index (κ2) is 15.0. The average molecular weight is 664 g/mol. The molecular weight excluding hydrogens is 626 g/mol. The average Bonchev–Trinajstić information content (AvgIpc) is 3.00. The minimum atomic E-state index is -4.87. The number of rotatable bonds is 12. The van der Waals surface area contributed by atoms with Crippen molar-refractivity contribution in [2.45, 2.75) is 62.8 Å². The second-order valence-corrected chi connectivity index (χ2v) is 12.8. The molecule has 0 radical (unpaired) electrons. The summed E-state index contributed by atoms with van der Waals surface area (Å²) >= 11 is 1.26. The van der Waals surface area contributed by atoms with Crippen LogP contribution in [0.1, 0.15) is 46.5 Å². The van der Waals surface area contributed by atoms with Gasteiger partial charge in [-0.2, -0.15) is 24.9 Å². The quantitative estimate of drug-likeness (QED) is 0.206. The normalized spacial score (nSPS) is 13.8. The molecule has 4 N–H and O–H groups in total. The Balaban J connectivity index is 1.87. The number of nitrogens with zero attached hydrogens (tertiary/aromatic N) is 1. The Bertz CT molecular complexity index is 1550. The number of nitrogens with one attached hydrogen (secondary N) is 2. The first kappa shape index (κ1) is 36.4. The molecule has 0 heterocycles. The van der Waals surface area contributed by atoms with Gasteiger partial charge in [0.25, 0.3) is 11.8 Å². The largest absolute Gasteiger partial charge is 0.508 e. The van der Waals surface area contributed by atoms with Crippen LogP contribution in [0.3, 0.4) is 0 Å². The summed E-state index contributed by atoms with van der Waals surface area (Å²) in [5, 5.41) is 26.8. The number of aliphatic hydroxyl groups is 1. The Labute approximate surface area is 269 Å². The van der Waals surface area contributed by atoms with Crippen LogP contribution < -0.4 is 10.6 Å². The molecule has 0 saturated carbocycles. The molecule has 0 aromatic heterocycles. The third kappa shape index (κ3) is 8.79. The maximum Gasteiger partial charge on any atom is 0.419 e. The maximum atomic E-state index is 14.1. The first-order valence-corrected chi connectivity index (χ1v) is 15.5. The van der Waals surface area contributed by atoms with Gasteiger partial charge in [-0.05, 0) is 68.8 Å². The van der Waals surface area contributed by atoms with Crippen LogP contribution >= 0.6 is 11.8 Å². The van der Waals surface area contributed by atoms with Crippen molar-refractivity contribution >= 4 is 29.5 Å². The van der Waals surface area contributed by atoms with Gasteiger partial charge >= 0.3 is 6.18 Å². The predicted octanol–water partition coefficient (Wildman–Crippen LogP) is 4.85. The Hall–Kier alpha value is -4.10. The summed E-state index contributed by atoms with van der Waals surface area (Å²) in [5.74, 6) is -3.79. The van der Waals surface area contributed by atoms with Crippen molar-refractivity contribution < 1.29 is 42.2 Å². The molecular formula is C33H37F4N3O5S. The lowest BCUT2D eigenvalue weighted by atomic mass is 9.96. The maximum absolute atomic E-state index is 14.1. The van der Waals surface area contributed by atoms with Crippen LogP contribution in [0.15, 0.2) is 66.7 Å². The van der Waals surface area contributed by atoms with Gasteiger partial charge in [-0.15, -0.1) is 0 Å². The molecule has 0 aliphatic rings. The van der Waals surface area contributed by atoms with E-state index in [1.807, 2.05) is 0 Å². The van der Waals surface area contributed by atoms with E-state index in [0.29, 0.717) is 23.3 Å². The highest BCUT2D eigenvalue weighted by molar-refractivity contribution is 8.00. The number of phenols is 1. The number of halogens is 4. The Morgan fingerprint density at radius 3 is 2.22 bits per heavy atom. The highest BCUT2D eigenvalue weighted by Gasteiger charge is 2.43. The molecule has 0 aliphatic heterocycles. The number of alkyl halides is 3. The number of thioether (sulfide) groups is 1. The monoisotopic (exact) mass is 663 g/mol. The van der Waals surface area contributed by atoms with Crippen LogP contribution in [0.2, 0.25) is 0 Å². The first-order chi connectivity index (χ1) is 21.5. The fourth-order valence-electron chi connectivity index (χ4n) is 4.99. The van der Waals surface area contributed by atoms with Crippen molar-refractivity contribution in [1.29, 1.82) is 0 Å². The molecule has 0 saturated heterocycles. The summed E-state index contributed by atoms with van der Waals surface area (Å²) in [6.07, 6.45) is -4.92. The highest BCUT2D eigenvalue weighted by Crippen LogP contribution is 2.32. The van der Waals surface area contributed by atoms with E-state index >= 15 is 0 Å². The lowest BCUT2D eigenvalue weighted by Crippen LogP contribution is -2.61. The van der Waals surface area contributed by atoms with Gasteiger partial charge in [-0.1, -0.05) is 42.5 Å². The standard InChI is InChI=1S/C33H37F4N3O5S/c1-19-22(12-9-13-26(19)41)29(43)39-25(17-20-10-7-6-8-11-20)27(42)31(45)40(4)28(32(2,3)46-5)30(44)38-18-21-14-15-23(24(34)16-21)33(35,36)37/h6-16,25,27-28,41-42H,17-18H2,1-5H3,(H,38,44)(H,39,43)/t25-,27-,28+/m0/s1. The molecule has 13 heteroatoms. The zero-order valence-electron chi connectivity index (χ0n) is 26.0. The molecule has 248 valence electrons. The number of carbonyl (C=O) groups excluding carboxylic acids is 3. The van der Waals surface area contributed by atoms with E-state index in [1.54, 1.807) is 57.4 Å². The number of aliphatic hydroxyl groups excluding tert-OH is 1. The van der Waals surface area contributed by atoms with E-state index < -0.39 is 58.2 Å². The van der Waals surface area contributed by atoms with Gasteiger partial charge < -0.3 is 25.7 Å². The van der Waals surface area contributed by atoms with Gasteiger partial charge in [0.1, 0.15) is 17.6 Å². The van der Waals surface area contributed by atoms with Crippen LogP contribution in [0.4, 0.5) is 17.6 Å². The van der Waals surface area contributed by atoms with Crippen LogP contribution in [0.5, 0.6) is 5.75 Å². The summed E-state index contributed by atoms with van der Waals surface area (Å²) in [5.41, 5.74) is -0.201. The number of hydrogen-bond acceptors (Lipinski definition) is 6. The van der Waals surface area contributed by atoms with Gasteiger partial charge in [0.15, 0.2) is 6.10 Å². The van der Waals surface area contributed by atoms with Crippen molar-refractivity contribution in [2.75, 3.05) is 13.3 Å². The molecule has 3 aromatic carbocycles. The number of benzene rings is 3. The Morgan fingerprint density at radius 2 is 1.63 bits per heavy atom. The van der Waals surface area contributed by atoms with E-state index in [9.17, 15) is 42.2 Å². The zero-order chi connectivity index (χ0) is 34.4. The SMILES string of the molecule is CSC(C)(C)[C@@H](C(=O)NCc1ccc(C(F)(F)F)c(F)c1)N(C)C(=O)[C@@H](O)[C@H](Cc1ccccc1)NC(=O)c1cccc(O)c1C. The third-order valence-electron chi connectivity index (χ3n) is 7.77. The topological polar surface area (TPSA) is 119 Å². The van der Waals surface area contributed by atoms with E-state index in [4.69, 9.17) is 0 Å². The lowest BCUT2D eigenvalue weighted by molar-refractivity contribution is -0.147. The van der Waals surface area contributed by atoms with Crippen molar-refractivity contribution in [2.24, 2.45) is 0 Å². The number of hydrogen-bond donors (Lipinski definition) is 4. The van der Waals surface area contributed by atoms with Crippen molar-refractivity contribution in [3.63, 3.8) is 0 Å². The minimum Gasteiger partial charge on any atom is -0.508 e.